The third-order valence-corrected chi connectivity index (χ3v) is 2.62. The molecule has 1 aromatic carbocycles. The minimum absolute atomic E-state index is 0.175. The van der Waals surface area contributed by atoms with Crippen molar-refractivity contribution < 1.29 is 4.39 Å². The molecular weight excluding hydrogens is 217 g/mol. The summed E-state index contributed by atoms with van der Waals surface area (Å²) in [6, 6.07) is 6.53. The van der Waals surface area contributed by atoms with E-state index in [0.717, 1.165) is 29.9 Å². The Bertz CT molecular complexity index is 474. The van der Waals surface area contributed by atoms with Crippen LogP contribution in [0.2, 0.25) is 0 Å². The molecule has 0 spiro atoms. The van der Waals surface area contributed by atoms with Crippen LogP contribution in [0.3, 0.4) is 0 Å². The molecule has 90 valence electrons. The van der Waals surface area contributed by atoms with E-state index < -0.39 is 0 Å². The number of hydrogen-bond acceptors (Lipinski definition) is 2. The highest BCUT2D eigenvalue weighted by Gasteiger charge is 2.04. The van der Waals surface area contributed by atoms with Gasteiger partial charge in [0.05, 0.1) is 11.9 Å². The number of rotatable bonds is 4. The molecule has 0 saturated heterocycles. The van der Waals surface area contributed by atoms with Gasteiger partial charge in [0.15, 0.2) is 0 Å². The summed E-state index contributed by atoms with van der Waals surface area (Å²) in [6.45, 7) is 1.98. The van der Waals surface area contributed by atoms with E-state index in [0.29, 0.717) is 0 Å². The van der Waals surface area contributed by atoms with Crippen LogP contribution in [0.5, 0.6) is 0 Å². The molecule has 0 fully saturated rings. The van der Waals surface area contributed by atoms with E-state index in [1.807, 2.05) is 6.92 Å². The molecule has 0 radical (unpaired) electrons. The molecule has 0 aliphatic carbocycles. The van der Waals surface area contributed by atoms with Gasteiger partial charge in [-0.3, -0.25) is 0 Å². The maximum Gasteiger partial charge on any atom is 0.123 e. The highest BCUT2D eigenvalue weighted by molar-refractivity contribution is 5.58. The van der Waals surface area contributed by atoms with Crippen molar-refractivity contribution in [2.75, 3.05) is 0 Å². The van der Waals surface area contributed by atoms with Crippen LogP contribution in [0, 0.1) is 5.82 Å². The molecule has 3 N–H and O–H groups in total. The van der Waals surface area contributed by atoms with E-state index in [2.05, 4.69) is 9.97 Å². The molecule has 2 aromatic rings. The van der Waals surface area contributed by atoms with Gasteiger partial charge in [-0.25, -0.2) is 9.37 Å². The topological polar surface area (TPSA) is 54.7 Å². The normalized spacial score (nSPS) is 12.6. The van der Waals surface area contributed by atoms with Crippen LogP contribution in [-0.4, -0.2) is 16.0 Å². The van der Waals surface area contributed by atoms with Crippen molar-refractivity contribution in [3.63, 3.8) is 0 Å². The maximum absolute atomic E-state index is 12.8. The average Bonchev–Trinajstić information content (AvgIpc) is 2.76. The number of nitrogens with one attached hydrogen (secondary N) is 1. The van der Waals surface area contributed by atoms with E-state index >= 15 is 0 Å². The third kappa shape index (κ3) is 3.14. The first kappa shape index (κ1) is 11.8. The Kier molecular flexibility index (Phi) is 3.54. The fraction of sp³-hybridized carbons (Fsp3) is 0.308. The second-order valence-electron chi connectivity index (χ2n) is 4.27. The van der Waals surface area contributed by atoms with Gasteiger partial charge in [0.1, 0.15) is 11.6 Å². The zero-order chi connectivity index (χ0) is 12.3. The summed E-state index contributed by atoms with van der Waals surface area (Å²) in [4.78, 5) is 7.50. The molecule has 0 aliphatic heterocycles. The fourth-order valence-electron chi connectivity index (χ4n) is 1.63. The van der Waals surface area contributed by atoms with Gasteiger partial charge in [-0.1, -0.05) is 0 Å². The lowest BCUT2D eigenvalue weighted by Crippen LogP contribution is -2.15. The smallest absolute Gasteiger partial charge is 0.123 e. The number of H-pyrrole nitrogens is 1. The highest BCUT2D eigenvalue weighted by atomic mass is 19.1. The molecule has 2 rings (SSSR count). The Labute approximate surface area is 99.9 Å². The second kappa shape index (κ2) is 5.10. The SMILES string of the molecule is CC(N)CCc1ncc(-c2ccc(F)cc2)[nH]1. The average molecular weight is 233 g/mol. The Morgan fingerprint density at radius 3 is 2.71 bits per heavy atom. The molecule has 1 heterocycles. The van der Waals surface area contributed by atoms with E-state index in [1.54, 1.807) is 18.3 Å². The summed E-state index contributed by atoms with van der Waals surface area (Å²) >= 11 is 0. The minimum atomic E-state index is -0.231. The Morgan fingerprint density at radius 2 is 2.06 bits per heavy atom. The van der Waals surface area contributed by atoms with Crippen LogP contribution >= 0.6 is 0 Å². The molecular formula is C13H16FN3. The first-order chi connectivity index (χ1) is 8.15. The molecule has 17 heavy (non-hydrogen) atoms. The van der Waals surface area contributed by atoms with Crippen LogP contribution in [0.15, 0.2) is 30.5 Å². The summed E-state index contributed by atoms with van der Waals surface area (Å²) in [6.07, 6.45) is 3.50. The van der Waals surface area contributed by atoms with Gasteiger partial charge in [0.2, 0.25) is 0 Å². The van der Waals surface area contributed by atoms with Gasteiger partial charge in [-0.15, -0.1) is 0 Å². The third-order valence-electron chi connectivity index (χ3n) is 2.62. The molecule has 1 atom stereocenters. The van der Waals surface area contributed by atoms with Crippen LogP contribution < -0.4 is 5.73 Å². The van der Waals surface area contributed by atoms with Crippen molar-refractivity contribution in [2.45, 2.75) is 25.8 Å². The van der Waals surface area contributed by atoms with Crippen molar-refractivity contribution in [3.8, 4) is 11.3 Å². The summed E-state index contributed by atoms with van der Waals surface area (Å²) in [5.74, 6) is 0.687. The zero-order valence-electron chi connectivity index (χ0n) is 9.78. The number of benzene rings is 1. The van der Waals surface area contributed by atoms with Gasteiger partial charge in [-0.05, 0) is 43.2 Å². The van der Waals surface area contributed by atoms with Gasteiger partial charge in [0.25, 0.3) is 0 Å². The molecule has 0 saturated carbocycles. The van der Waals surface area contributed by atoms with Crippen molar-refractivity contribution in [3.05, 3.63) is 42.1 Å². The summed E-state index contributed by atoms with van der Waals surface area (Å²) in [7, 11) is 0. The number of nitrogens with two attached hydrogens (primary N) is 1. The lowest BCUT2D eigenvalue weighted by atomic mass is 10.2. The molecule has 3 nitrogen and oxygen atoms in total. The monoisotopic (exact) mass is 233 g/mol. The van der Waals surface area contributed by atoms with Crippen LogP contribution in [-0.2, 0) is 6.42 Å². The number of aryl methyl sites for hydroxylation is 1. The number of hydrogen-bond donors (Lipinski definition) is 2. The largest absolute Gasteiger partial charge is 0.342 e. The van der Waals surface area contributed by atoms with Crippen LogP contribution in [0.25, 0.3) is 11.3 Å². The van der Waals surface area contributed by atoms with E-state index in [1.165, 1.54) is 12.1 Å². The number of nitrogens with zero attached hydrogens (tertiary/aromatic N) is 1. The summed E-state index contributed by atoms with van der Waals surface area (Å²) < 4.78 is 12.8. The van der Waals surface area contributed by atoms with Gasteiger partial charge in [0, 0.05) is 12.5 Å². The fourth-order valence-corrected chi connectivity index (χ4v) is 1.63. The predicted octanol–water partition coefficient (Wildman–Crippen LogP) is 2.50. The number of halogens is 1. The maximum atomic E-state index is 12.8. The van der Waals surface area contributed by atoms with Crippen molar-refractivity contribution in [1.82, 2.24) is 9.97 Å². The molecule has 4 heteroatoms. The Hall–Kier alpha value is -1.68. The first-order valence-electron chi connectivity index (χ1n) is 5.70. The molecule has 1 unspecified atom stereocenters. The van der Waals surface area contributed by atoms with Gasteiger partial charge in [-0.2, -0.15) is 0 Å². The molecule has 0 amide bonds. The zero-order valence-corrected chi connectivity index (χ0v) is 9.78. The van der Waals surface area contributed by atoms with E-state index in [-0.39, 0.29) is 11.9 Å². The highest BCUT2D eigenvalue weighted by Crippen LogP contribution is 2.17. The van der Waals surface area contributed by atoms with Gasteiger partial charge >= 0.3 is 0 Å². The first-order valence-corrected chi connectivity index (χ1v) is 5.70. The van der Waals surface area contributed by atoms with Crippen molar-refractivity contribution in [2.24, 2.45) is 5.73 Å². The number of aromatic nitrogens is 2. The predicted molar refractivity (Wildman–Crippen MR) is 66.0 cm³/mol. The lowest BCUT2D eigenvalue weighted by molar-refractivity contribution is 0.628. The Morgan fingerprint density at radius 1 is 1.35 bits per heavy atom. The summed E-state index contributed by atoms with van der Waals surface area (Å²) in [5.41, 5.74) is 7.53. The van der Waals surface area contributed by atoms with E-state index in [9.17, 15) is 4.39 Å². The molecule has 0 aliphatic rings. The summed E-state index contributed by atoms with van der Waals surface area (Å²) in [5, 5.41) is 0. The Balaban J connectivity index is 2.10. The quantitative estimate of drug-likeness (QED) is 0.852. The number of imidazole rings is 1. The van der Waals surface area contributed by atoms with Crippen molar-refractivity contribution >= 4 is 0 Å². The lowest BCUT2D eigenvalue weighted by Gasteiger charge is -2.01. The van der Waals surface area contributed by atoms with E-state index in [4.69, 9.17) is 5.73 Å². The second-order valence-corrected chi connectivity index (χ2v) is 4.27. The molecule has 1 aromatic heterocycles. The van der Waals surface area contributed by atoms with Gasteiger partial charge < -0.3 is 10.7 Å². The van der Waals surface area contributed by atoms with Crippen LogP contribution in [0.1, 0.15) is 19.2 Å². The van der Waals surface area contributed by atoms with Crippen LogP contribution in [0.4, 0.5) is 4.39 Å². The molecule has 0 bridgehead atoms. The standard InChI is InChI=1S/C13H16FN3/c1-9(15)2-7-13-16-8-12(17-13)10-3-5-11(14)6-4-10/h3-6,8-9H,2,7,15H2,1H3,(H,16,17). The van der Waals surface area contributed by atoms with Crippen molar-refractivity contribution in [1.29, 1.82) is 0 Å². The minimum Gasteiger partial charge on any atom is -0.342 e. The number of aromatic amines is 1.